The van der Waals surface area contributed by atoms with Crippen LogP contribution in [-0.2, 0) is 9.59 Å². The van der Waals surface area contributed by atoms with Crippen LogP contribution in [0.3, 0.4) is 0 Å². The standard InChI is InChI=1S/C9H16O2S3/c1-8(10)13-5-3-4-12-6-7-14-9(2)11/h3-7H2,1-2H3. The highest BCUT2D eigenvalue weighted by atomic mass is 32.2. The fourth-order valence-corrected chi connectivity index (χ4v) is 3.13. The molecule has 0 heterocycles. The van der Waals surface area contributed by atoms with Gasteiger partial charge in [-0.3, -0.25) is 9.59 Å². The van der Waals surface area contributed by atoms with Crippen LogP contribution >= 0.6 is 35.3 Å². The third kappa shape index (κ3) is 12.4. The van der Waals surface area contributed by atoms with Gasteiger partial charge in [0.1, 0.15) is 0 Å². The summed E-state index contributed by atoms with van der Waals surface area (Å²) in [6, 6.07) is 0. The van der Waals surface area contributed by atoms with Crippen molar-refractivity contribution in [1.82, 2.24) is 0 Å². The van der Waals surface area contributed by atoms with Crippen molar-refractivity contribution in [2.45, 2.75) is 20.3 Å². The van der Waals surface area contributed by atoms with Crippen molar-refractivity contribution >= 4 is 45.5 Å². The molecule has 0 aliphatic rings. The predicted octanol–water partition coefficient (Wildman–Crippen LogP) is 2.67. The summed E-state index contributed by atoms with van der Waals surface area (Å²) in [6.07, 6.45) is 1.07. The molecule has 0 aliphatic carbocycles. The molecule has 0 fully saturated rings. The van der Waals surface area contributed by atoms with Crippen LogP contribution in [0.5, 0.6) is 0 Å². The lowest BCUT2D eigenvalue weighted by Crippen LogP contribution is -1.92. The number of hydrogen-bond acceptors (Lipinski definition) is 5. The Morgan fingerprint density at radius 2 is 1.43 bits per heavy atom. The fourth-order valence-electron chi connectivity index (χ4n) is 0.723. The first-order valence-electron chi connectivity index (χ1n) is 4.47. The van der Waals surface area contributed by atoms with E-state index in [1.165, 1.54) is 23.5 Å². The van der Waals surface area contributed by atoms with Gasteiger partial charge < -0.3 is 0 Å². The molecule has 82 valence electrons. The number of thioether (sulfide) groups is 3. The summed E-state index contributed by atoms with van der Waals surface area (Å²) in [4.78, 5) is 21.1. The summed E-state index contributed by atoms with van der Waals surface area (Å²) in [5, 5.41) is 0.389. The quantitative estimate of drug-likeness (QED) is 0.651. The molecule has 0 aromatic heterocycles. The van der Waals surface area contributed by atoms with E-state index in [2.05, 4.69) is 0 Å². The average Bonchev–Trinajstić information content (AvgIpc) is 2.08. The van der Waals surface area contributed by atoms with E-state index in [0.717, 1.165) is 29.4 Å². The summed E-state index contributed by atoms with van der Waals surface area (Å²) in [5.74, 6) is 3.93. The van der Waals surface area contributed by atoms with Crippen molar-refractivity contribution < 1.29 is 9.59 Å². The highest BCUT2D eigenvalue weighted by molar-refractivity contribution is 8.14. The molecule has 0 rings (SSSR count). The molecule has 0 N–H and O–H groups in total. The van der Waals surface area contributed by atoms with Gasteiger partial charge in [-0.2, -0.15) is 11.8 Å². The summed E-state index contributed by atoms with van der Waals surface area (Å²) >= 11 is 4.62. The minimum atomic E-state index is 0.192. The first kappa shape index (κ1) is 14.4. The summed E-state index contributed by atoms with van der Waals surface area (Å²) in [7, 11) is 0. The largest absolute Gasteiger partial charge is 0.288 e. The molecule has 5 heteroatoms. The Morgan fingerprint density at radius 1 is 0.857 bits per heavy atom. The molecule has 0 spiro atoms. The highest BCUT2D eigenvalue weighted by Gasteiger charge is 1.96. The molecule has 0 aromatic rings. The molecular weight excluding hydrogens is 236 g/mol. The van der Waals surface area contributed by atoms with Crippen LogP contribution in [0.25, 0.3) is 0 Å². The second-order valence-corrected chi connectivity index (χ2v) is 6.41. The zero-order valence-corrected chi connectivity index (χ0v) is 11.0. The van der Waals surface area contributed by atoms with Crippen molar-refractivity contribution in [3.05, 3.63) is 0 Å². The average molecular weight is 252 g/mol. The van der Waals surface area contributed by atoms with Gasteiger partial charge in [0.15, 0.2) is 10.2 Å². The van der Waals surface area contributed by atoms with Crippen LogP contribution in [0.15, 0.2) is 0 Å². The fraction of sp³-hybridized carbons (Fsp3) is 0.778. The van der Waals surface area contributed by atoms with Crippen molar-refractivity contribution in [2.75, 3.05) is 23.0 Å². The molecular formula is C9H16O2S3. The third-order valence-corrected chi connectivity index (χ3v) is 4.31. The lowest BCUT2D eigenvalue weighted by molar-refractivity contribution is -0.109. The minimum absolute atomic E-state index is 0.192. The second kappa shape index (κ2) is 9.93. The van der Waals surface area contributed by atoms with Crippen molar-refractivity contribution in [3.8, 4) is 0 Å². The molecule has 0 saturated carbocycles. The van der Waals surface area contributed by atoms with Gasteiger partial charge in [-0.05, 0) is 12.2 Å². The number of carbonyl (C=O) groups is 2. The molecule has 0 radical (unpaired) electrons. The Bertz CT molecular complexity index is 163. The van der Waals surface area contributed by atoms with E-state index < -0.39 is 0 Å². The maximum atomic E-state index is 10.6. The molecule has 0 bridgehead atoms. The van der Waals surface area contributed by atoms with Crippen molar-refractivity contribution in [2.24, 2.45) is 0 Å². The van der Waals surface area contributed by atoms with Gasteiger partial charge >= 0.3 is 0 Å². The lowest BCUT2D eigenvalue weighted by atomic mass is 10.6. The molecule has 0 atom stereocenters. The first-order chi connectivity index (χ1) is 6.63. The van der Waals surface area contributed by atoms with Gasteiger partial charge in [-0.15, -0.1) is 0 Å². The molecule has 0 amide bonds. The van der Waals surface area contributed by atoms with E-state index >= 15 is 0 Å². The zero-order valence-electron chi connectivity index (χ0n) is 8.58. The smallest absolute Gasteiger partial charge is 0.185 e. The summed E-state index contributed by atoms with van der Waals surface area (Å²) in [5.41, 5.74) is 0. The van der Waals surface area contributed by atoms with E-state index in [1.807, 2.05) is 11.8 Å². The van der Waals surface area contributed by atoms with Crippen LogP contribution in [0, 0.1) is 0 Å². The van der Waals surface area contributed by atoms with Crippen LogP contribution < -0.4 is 0 Å². The molecule has 2 nitrogen and oxygen atoms in total. The van der Waals surface area contributed by atoms with Crippen molar-refractivity contribution in [1.29, 1.82) is 0 Å². The third-order valence-electron chi connectivity index (χ3n) is 1.27. The van der Waals surface area contributed by atoms with Gasteiger partial charge in [-0.25, -0.2) is 0 Å². The van der Waals surface area contributed by atoms with E-state index in [1.54, 1.807) is 13.8 Å². The zero-order chi connectivity index (χ0) is 10.8. The molecule has 0 unspecified atom stereocenters. The Kier molecular flexibility index (Phi) is 10.2. The van der Waals surface area contributed by atoms with Gasteiger partial charge in [0.05, 0.1) is 0 Å². The lowest BCUT2D eigenvalue weighted by Gasteiger charge is -1.99. The van der Waals surface area contributed by atoms with E-state index in [9.17, 15) is 9.59 Å². The molecule has 0 saturated heterocycles. The first-order valence-corrected chi connectivity index (χ1v) is 7.60. The van der Waals surface area contributed by atoms with E-state index in [0.29, 0.717) is 0 Å². The number of carbonyl (C=O) groups excluding carboxylic acids is 2. The maximum absolute atomic E-state index is 10.6. The van der Waals surface area contributed by atoms with Gasteiger partial charge in [0, 0.05) is 31.1 Å². The SMILES string of the molecule is CC(=O)SCCCSCCSC(C)=O. The van der Waals surface area contributed by atoms with Crippen LogP contribution in [0.1, 0.15) is 20.3 Å². The molecule has 14 heavy (non-hydrogen) atoms. The normalized spacial score (nSPS) is 10.1. The maximum Gasteiger partial charge on any atom is 0.185 e. The molecule has 0 aliphatic heterocycles. The van der Waals surface area contributed by atoms with Gasteiger partial charge in [-0.1, -0.05) is 23.5 Å². The van der Waals surface area contributed by atoms with Crippen molar-refractivity contribution in [3.63, 3.8) is 0 Å². The molecule has 0 aromatic carbocycles. The Morgan fingerprint density at radius 3 is 2.00 bits per heavy atom. The van der Waals surface area contributed by atoms with Crippen LogP contribution in [-0.4, -0.2) is 33.2 Å². The summed E-state index contributed by atoms with van der Waals surface area (Å²) in [6.45, 7) is 3.19. The van der Waals surface area contributed by atoms with E-state index in [-0.39, 0.29) is 10.2 Å². The second-order valence-electron chi connectivity index (χ2n) is 2.65. The number of rotatable bonds is 7. The van der Waals surface area contributed by atoms with Crippen LogP contribution in [0.4, 0.5) is 0 Å². The summed E-state index contributed by atoms with van der Waals surface area (Å²) < 4.78 is 0. The predicted molar refractivity (Wildman–Crippen MR) is 68.2 cm³/mol. The van der Waals surface area contributed by atoms with Crippen LogP contribution in [0.2, 0.25) is 0 Å². The monoisotopic (exact) mass is 252 g/mol. The van der Waals surface area contributed by atoms with Gasteiger partial charge in [0.25, 0.3) is 0 Å². The Balaban J connectivity index is 2.99. The Hall–Kier alpha value is 0.390. The topological polar surface area (TPSA) is 34.1 Å². The highest BCUT2D eigenvalue weighted by Crippen LogP contribution is 2.11. The van der Waals surface area contributed by atoms with Gasteiger partial charge in [0.2, 0.25) is 0 Å². The minimum Gasteiger partial charge on any atom is -0.288 e. The van der Waals surface area contributed by atoms with E-state index in [4.69, 9.17) is 0 Å². The number of hydrogen-bond donors (Lipinski definition) is 0. The Labute approximate surface area is 98.4 Å².